The molecule has 3 unspecified atom stereocenters. The average molecular weight is 288 g/mol. The molecular formula is C18H28N2O. The minimum Gasteiger partial charge on any atom is -0.341 e. The Bertz CT molecular complexity index is 450. The molecule has 1 heterocycles. The van der Waals surface area contributed by atoms with Crippen molar-refractivity contribution in [2.24, 2.45) is 11.8 Å². The van der Waals surface area contributed by atoms with Crippen LogP contribution in [-0.2, 0) is 11.3 Å². The Kier molecular flexibility index (Phi) is 5.40. The van der Waals surface area contributed by atoms with E-state index in [1.54, 1.807) is 0 Å². The van der Waals surface area contributed by atoms with E-state index < -0.39 is 0 Å². The van der Waals surface area contributed by atoms with Gasteiger partial charge in [0.05, 0.1) is 6.04 Å². The van der Waals surface area contributed by atoms with Gasteiger partial charge in [0, 0.05) is 19.6 Å². The molecule has 0 N–H and O–H groups in total. The fourth-order valence-electron chi connectivity index (χ4n) is 3.30. The molecular weight excluding hydrogens is 260 g/mol. The molecule has 0 spiro atoms. The zero-order chi connectivity index (χ0) is 15.4. The van der Waals surface area contributed by atoms with Crippen LogP contribution < -0.4 is 0 Å². The third-order valence-electron chi connectivity index (χ3n) is 4.47. The molecule has 1 amide bonds. The summed E-state index contributed by atoms with van der Waals surface area (Å²) in [5.74, 6) is 1.50. The van der Waals surface area contributed by atoms with E-state index in [9.17, 15) is 4.79 Å². The van der Waals surface area contributed by atoms with Gasteiger partial charge in [-0.1, -0.05) is 44.2 Å². The lowest BCUT2D eigenvalue weighted by atomic mass is 9.91. The number of hydrogen-bond acceptors (Lipinski definition) is 2. The maximum atomic E-state index is 12.7. The number of nitrogens with zero attached hydrogens (tertiary/aromatic N) is 2. The first kappa shape index (κ1) is 16.0. The summed E-state index contributed by atoms with van der Waals surface area (Å²) >= 11 is 0. The highest BCUT2D eigenvalue weighted by Crippen LogP contribution is 2.22. The average Bonchev–Trinajstić information content (AvgIpc) is 2.45. The highest BCUT2D eigenvalue weighted by atomic mass is 16.2. The van der Waals surface area contributed by atoms with Crippen LogP contribution in [0.15, 0.2) is 30.3 Å². The van der Waals surface area contributed by atoms with Gasteiger partial charge in [-0.2, -0.15) is 0 Å². The first-order valence-electron chi connectivity index (χ1n) is 8.00. The molecule has 0 aliphatic carbocycles. The van der Waals surface area contributed by atoms with Crippen LogP contribution in [0, 0.1) is 11.8 Å². The van der Waals surface area contributed by atoms with E-state index in [4.69, 9.17) is 0 Å². The Morgan fingerprint density at radius 2 is 1.81 bits per heavy atom. The van der Waals surface area contributed by atoms with E-state index in [1.165, 1.54) is 12.0 Å². The molecule has 116 valence electrons. The van der Waals surface area contributed by atoms with Crippen molar-refractivity contribution >= 4 is 5.91 Å². The second-order valence-electron chi connectivity index (χ2n) is 6.77. The van der Waals surface area contributed by atoms with Gasteiger partial charge in [0.15, 0.2) is 0 Å². The molecule has 0 radical (unpaired) electrons. The summed E-state index contributed by atoms with van der Waals surface area (Å²) < 4.78 is 0. The van der Waals surface area contributed by atoms with Crippen molar-refractivity contribution in [3.8, 4) is 0 Å². The quantitative estimate of drug-likeness (QED) is 0.850. The fourth-order valence-corrected chi connectivity index (χ4v) is 3.30. The molecule has 3 nitrogen and oxygen atoms in total. The standard InChI is InChI=1S/C18H28N2O/c1-14-10-15(2)12-20(11-14)18(21)16(3)19(4)13-17-8-6-5-7-9-17/h5-9,14-16H,10-13H2,1-4H3. The van der Waals surface area contributed by atoms with Crippen molar-refractivity contribution in [2.75, 3.05) is 20.1 Å². The highest BCUT2D eigenvalue weighted by Gasteiger charge is 2.29. The van der Waals surface area contributed by atoms with E-state index in [0.717, 1.165) is 19.6 Å². The molecule has 3 heteroatoms. The summed E-state index contributed by atoms with van der Waals surface area (Å²) in [5.41, 5.74) is 1.25. The summed E-state index contributed by atoms with van der Waals surface area (Å²) in [6, 6.07) is 10.3. The van der Waals surface area contributed by atoms with E-state index in [-0.39, 0.29) is 11.9 Å². The van der Waals surface area contributed by atoms with Gasteiger partial charge in [0.25, 0.3) is 0 Å². The van der Waals surface area contributed by atoms with Gasteiger partial charge < -0.3 is 4.90 Å². The Morgan fingerprint density at radius 1 is 1.24 bits per heavy atom. The second-order valence-corrected chi connectivity index (χ2v) is 6.77. The number of carbonyl (C=O) groups excluding carboxylic acids is 1. The highest BCUT2D eigenvalue weighted by molar-refractivity contribution is 5.81. The lowest BCUT2D eigenvalue weighted by molar-refractivity contribution is -0.138. The van der Waals surface area contributed by atoms with Crippen molar-refractivity contribution in [3.63, 3.8) is 0 Å². The molecule has 1 aromatic rings. The van der Waals surface area contributed by atoms with Crippen LogP contribution in [-0.4, -0.2) is 41.9 Å². The van der Waals surface area contributed by atoms with Gasteiger partial charge in [-0.05, 0) is 37.8 Å². The van der Waals surface area contributed by atoms with Crippen molar-refractivity contribution in [3.05, 3.63) is 35.9 Å². The Hall–Kier alpha value is -1.35. The van der Waals surface area contributed by atoms with E-state index in [1.807, 2.05) is 32.2 Å². The Balaban J connectivity index is 1.95. The maximum Gasteiger partial charge on any atom is 0.239 e. The molecule has 0 bridgehead atoms. The largest absolute Gasteiger partial charge is 0.341 e. The van der Waals surface area contributed by atoms with Gasteiger partial charge in [-0.3, -0.25) is 9.69 Å². The third kappa shape index (κ3) is 4.31. The van der Waals surface area contributed by atoms with Crippen molar-refractivity contribution < 1.29 is 4.79 Å². The molecule has 0 aromatic heterocycles. The SMILES string of the molecule is CC1CC(C)CN(C(=O)C(C)N(C)Cc2ccccc2)C1. The topological polar surface area (TPSA) is 23.6 Å². The van der Waals surface area contributed by atoms with Crippen LogP contribution in [0.5, 0.6) is 0 Å². The molecule has 3 atom stereocenters. The molecule has 1 aromatic carbocycles. The molecule has 2 rings (SSSR count). The molecule has 1 fully saturated rings. The number of piperidine rings is 1. The van der Waals surface area contributed by atoms with Gasteiger partial charge in [-0.25, -0.2) is 0 Å². The van der Waals surface area contributed by atoms with Crippen LogP contribution >= 0.6 is 0 Å². The van der Waals surface area contributed by atoms with E-state index >= 15 is 0 Å². The number of rotatable bonds is 4. The zero-order valence-electron chi connectivity index (χ0n) is 13.7. The summed E-state index contributed by atoms with van der Waals surface area (Å²) in [7, 11) is 2.03. The zero-order valence-corrected chi connectivity index (χ0v) is 13.7. The summed E-state index contributed by atoms with van der Waals surface area (Å²) in [5, 5.41) is 0. The molecule has 1 saturated heterocycles. The van der Waals surface area contributed by atoms with Crippen molar-refractivity contribution in [1.82, 2.24) is 9.80 Å². The summed E-state index contributed by atoms with van der Waals surface area (Å²) in [6.45, 7) is 9.14. The first-order chi connectivity index (χ1) is 9.97. The number of likely N-dealkylation sites (tertiary alicyclic amines) is 1. The summed E-state index contributed by atoms with van der Waals surface area (Å²) in [4.78, 5) is 16.9. The maximum absolute atomic E-state index is 12.7. The number of amides is 1. The monoisotopic (exact) mass is 288 g/mol. The van der Waals surface area contributed by atoms with Gasteiger partial charge in [0.2, 0.25) is 5.91 Å². The van der Waals surface area contributed by atoms with Crippen molar-refractivity contribution in [1.29, 1.82) is 0 Å². The van der Waals surface area contributed by atoms with Crippen LogP contribution in [0.1, 0.15) is 32.8 Å². The van der Waals surface area contributed by atoms with Crippen LogP contribution in [0.25, 0.3) is 0 Å². The lowest BCUT2D eigenvalue weighted by Crippen LogP contribution is -2.50. The van der Waals surface area contributed by atoms with E-state index in [0.29, 0.717) is 11.8 Å². The Labute approximate surface area is 128 Å². The summed E-state index contributed by atoms with van der Waals surface area (Å²) in [6.07, 6.45) is 1.23. The molecule has 1 aliphatic rings. The van der Waals surface area contributed by atoms with Crippen molar-refractivity contribution in [2.45, 2.75) is 39.8 Å². The van der Waals surface area contributed by atoms with Gasteiger partial charge in [0.1, 0.15) is 0 Å². The minimum atomic E-state index is -0.0669. The predicted octanol–water partition coefficient (Wildman–Crippen LogP) is 3.01. The van der Waals surface area contributed by atoms with Crippen LogP contribution in [0.4, 0.5) is 0 Å². The normalized spacial score (nSPS) is 24.1. The number of hydrogen-bond donors (Lipinski definition) is 0. The van der Waals surface area contributed by atoms with Crippen LogP contribution in [0.2, 0.25) is 0 Å². The number of likely N-dealkylation sites (N-methyl/N-ethyl adjacent to an activating group) is 1. The second kappa shape index (κ2) is 7.08. The smallest absolute Gasteiger partial charge is 0.239 e. The molecule has 21 heavy (non-hydrogen) atoms. The lowest BCUT2D eigenvalue weighted by Gasteiger charge is -2.38. The number of benzene rings is 1. The molecule has 0 saturated carbocycles. The minimum absolute atomic E-state index is 0.0669. The fraction of sp³-hybridized carbons (Fsp3) is 0.611. The predicted molar refractivity (Wildman–Crippen MR) is 86.9 cm³/mol. The Morgan fingerprint density at radius 3 is 2.38 bits per heavy atom. The molecule has 1 aliphatic heterocycles. The first-order valence-corrected chi connectivity index (χ1v) is 8.00. The van der Waals surface area contributed by atoms with E-state index in [2.05, 4.69) is 35.8 Å². The number of carbonyl (C=O) groups is 1. The third-order valence-corrected chi connectivity index (χ3v) is 4.47. The van der Waals surface area contributed by atoms with Gasteiger partial charge in [-0.15, -0.1) is 0 Å². The van der Waals surface area contributed by atoms with Gasteiger partial charge >= 0.3 is 0 Å². The van der Waals surface area contributed by atoms with Crippen LogP contribution in [0.3, 0.4) is 0 Å².